The average molecular weight is 245 g/mol. The summed E-state index contributed by atoms with van der Waals surface area (Å²) in [7, 11) is 1.73. The number of carbonyl (C=O) groups excluding carboxylic acids is 1. The number of nitrogens with two attached hydrogens (primary N) is 1. The standard InChI is InChI=1S/C12H15N5O/c1-17(8-11-15-4-5-16-11)12(18)9-2-3-14-10(6-9)7-13/h2-6H,7-8,13H2,1H3,(H,15,16). The van der Waals surface area contributed by atoms with Gasteiger partial charge in [0.05, 0.1) is 12.2 Å². The maximum absolute atomic E-state index is 12.2. The zero-order valence-corrected chi connectivity index (χ0v) is 10.1. The Labute approximate surface area is 105 Å². The van der Waals surface area contributed by atoms with Crippen molar-refractivity contribution >= 4 is 5.91 Å². The molecular weight excluding hydrogens is 230 g/mol. The highest BCUT2D eigenvalue weighted by atomic mass is 16.2. The molecular formula is C12H15N5O. The molecule has 1 amide bonds. The van der Waals surface area contributed by atoms with Gasteiger partial charge in [0, 0.05) is 37.7 Å². The first kappa shape index (κ1) is 12.3. The number of nitrogens with zero attached hydrogens (tertiary/aromatic N) is 3. The van der Waals surface area contributed by atoms with Crippen LogP contribution in [-0.2, 0) is 13.1 Å². The minimum Gasteiger partial charge on any atom is -0.347 e. The predicted octanol–water partition coefficient (Wildman–Crippen LogP) is 0.536. The SMILES string of the molecule is CN(Cc1ncc[nH]1)C(=O)c1ccnc(CN)c1. The van der Waals surface area contributed by atoms with E-state index >= 15 is 0 Å². The minimum atomic E-state index is -0.0801. The molecule has 6 nitrogen and oxygen atoms in total. The number of aromatic nitrogens is 3. The number of hydrogen-bond donors (Lipinski definition) is 2. The van der Waals surface area contributed by atoms with Crippen LogP contribution >= 0.6 is 0 Å². The Kier molecular flexibility index (Phi) is 3.69. The molecule has 0 aromatic carbocycles. The molecule has 2 rings (SSSR count). The smallest absolute Gasteiger partial charge is 0.254 e. The van der Waals surface area contributed by atoms with Gasteiger partial charge in [0.1, 0.15) is 5.82 Å². The number of imidazole rings is 1. The Balaban J connectivity index is 2.10. The first-order valence-corrected chi connectivity index (χ1v) is 5.59. The molecule has 0 unspecified atom stereocenters. The molecule has 94 valence electrons. The van der Waals surface area contributed by atoms with E-state index in [1.165, 1.54) is 0 Å². The van der Waals surface area contributed by atoms with Gasteiger partial charge < -0.3 is 15.6 Å². The van der Waals surface area contributed by atoms with E-state index in [0.29, 0.717) is 24.3 Å². The summed E-state index contributed by atoms with van der Waals surface area (Å²) in [6.45, 7) is 0.759. The molecule has 0 fully saturated rings. The maximum atomic E-state index is 12.2. The molecule has 0 saturated heterocycles. The molecule has 2 aromatic rings. The lowest BCUT2D eigenvalue weighted by atomic mass is 10.2. The highest BCUT2D eigenvalue weighted by Gasteiger charge is 2.13. The third kappa shape index (κ3) is 2.72. The Morgan fingerprint density at radius 1 is 1.44 bits per heavy atom. The van der Waals surface area contributed by atoms with Crippen LogP contribution in [0.1, 0.15) is 21.9 Å². The van der Waals surface area contributed by atoms with Gasteiger partial charge in [-0.25, -0.2) is 4.98 Å². The topological polar surface area (TPSA) is 87.9 Å². The van der Waals surface area contributed by atoms with Crippen molar-refractivity contribution < 1.29 is 4.79 Å². The van der Waals surface area contributed by atoms with Gasteiger partial charge in [-0.2, -0.15) is 0 Å². The van der Waals surface area contributed by atoms with Crippen molar-refractivity contribution in [1.29, 1.82) is 0 Å². The third-order valence-corrected chi connectivity index (χ3v) is 2.56. The van der Waals surface area contributed by atoms with E-state index in [0.717, 1.165) is 5.82 Å². The summed E-state index contributed by atoms with van der Waals surface area (Å²) in [6, 6.07) is 3.39. The Morgan fingerprint density at radius 2 is 2.28 bits per heavy atom. The number of hydrogen-bond acceptors (Lipinski definition) is 4. The van der Waals surface area contributed by atoms with Crippen molar-refractivity contribution in [1.82, 2.24) is 19.9 Å². The van der Waals surface area contributed by atoms with Crippen LogP contribution in [0.3, 0.4) is 0 Å². The van der Waals surface area contributed by atoms with Crippen molar-refractivity contribution in [2.45, 2.75) is 13.1 Å². The Bertz CT molecular complexity index is 523. The van der Waals surface area contributed by atoms with Crippen molar-refractivity contribution in [3.05, 3.63) is 47.8 Å². The van der Waals surface area contributed by atoms with Gasteiger partial charge in [-0.15, -0.1) is 0 Å². The zero-order chi connectivity index (χ0) is 13.0. The number of amides is 1. The van der Waals surface area contributed by atoms with Crippen LogP contribution in [-0.4, -0.2) is 32.8 Å². The number of pyridine rings is 1. The molecule has 0 radical (unpaired) electrons. The number of aromatic amines is 1. The molecule has 0 spiro atoms. The van der Waals surface area contributed by atoms with E-state index in [2.05, 4.69) is 15.0 Å². The molecule has 0 atom stereocenters. The van der Waals surface area contributed by atoms with Crippen LogP contribution in [0.2, 0.25) is 0 Å². The highest BCUT2D eigenvalue weighted by molar-refractivity contribution is 5.93. The fraction of sp³-hybridized carbons (Fsp3) is 0.250. The van der Waals surface area contributed by atoms with Crippen LogP contribution in [0.5, 0.6) is 0 Å². The van der Waals surface area contributed by atoms with Crippen molar-refractivity contribution in [2.24, 2.45) is 5.73 Å². The third-order valence-electron chi connectivity index (χ3n) is 2.56. The molecule has 0 saturated carbocycles. The van der Waals surface area contributed by atoms with Crippen LogP contribution in [0.4, 0.5) is 0 Å². The summed E-state index contributed by atoms with van der Waals surface area (Å²) in [5, 5.41) is 0. The maximum Gasteiger partial charge on any atom is 0.254 e. The summed E-state index contributed by atoms with van der Waals surface area (Å²) in [5.41, 5.74) is 6.79. The first-order chi connectivity index (χ1) is 8.70. The van der Waals surface area contributed by atoms with Gasteiger partial charge in [0.25, 0.3) is 5.91 Å². The molecule has 6 heteroatoms. The van der Waals surface area contributed by atoms with E-state index in [1.54, 1.807) is 42.7 Å². The second-order valence-corrected chi connectivity index (χ2v) is 3.94. The monoisotopic (exact) mass is 245 g/mol. The van der Waals surface area contributed by atoms with Crippen molar-refractivity contribution in [3.8, 4) is 0 Å². The van der Waals surface area contributed by atoms with E-state index in [1.807, 2.05) is 0 Å². The van der Waals surface area contributed by atoms with Gasteiger partial charge in [-0.3, -0.25) is 9.78 Å². The Morgan fingerprint density at radius 3 is 2.94 bits per heavy atom. The van der Waals surface area contributed by atoms with E-state index in [-0.39, 0.29) is 5.91 Å². The molecule has 3 N–H and O–H groups in total. The van der Waals surface area contributed by atoms with E-state index in [4.69, 9.17) is 5.73 Å². The van der Waals surface area contributed by atoms with E-state index < -0.39 is 0 Å². The average Bonchev–Trinajstić information content (AvgIpc) is 2.90. The van der Waals surface area contributed by atoms with Crippen molar-refractivity contribution in [2.75, 3.05) is 7.05 Å². The van der Waals surface area contributed by atoms with Gasteiger partial charge in [-0.1, -0.05) is 0 Å². The molecule has 0 aliphatic carbocycles. The van der Waals surface area contributed by atoms with Crippen molar-refractivity contribution in [3.63, 3.8) is 0 Å². The van der Waals surface area contributed by atoms with Gasteiger partial charge in [0.15, 0.2) is 0 Å². The summed E-state index contributed by atoms with van der Waals surface area (Å²) in [4.78, 5) is 24.9. The number of carbonyl (C=O) groups is 1. The predicted molar refractivity (Wildman–Crippen MR) is 66.5 cm³/mol. The van der Waals surface area contributed by atoms with Crippen LogP contribution < -0.4 is 5.73 Å². The summed E-state index contributed by atoms with van der Waals surface area (Å²) in [5.74, 6) is 0.669. The lowest BCUT2D eigenvalue weighted by Gasteiger charge is -2.15. The minimum absolute atomic E-state index is 0.0801. The fourth-order valence-electron chi connectivity index (χ4n) is 1.62. The molecule has 0 aliphatic rings. The quantitative estimate of drug-likeness (QED) is 0.822. The molecule has 0 aliphatic heterocycles. The highest BCUT2D eigenvalue weighted by Crippen LogP contribution is 2.07. The largest absolute Gasteiger partial charge is 0.347 e. The molecule has 2 aromatic heterocycles. The second kappa shape index (κ2) is 5.42. The zero-order valence-electron chi connectivity index (χ0n) is 10.1. The van der Waals surface area contributed by atoms with Gasteiger partial charge in [0.2, 0.25) is 0 Å². The normalized spacial score (nSPS) is 10.3. The summed E-state index contributed by atoms with van der Waals surface area (Å²) < 4.78 is 0. The number of H-pyrrole nitrogens is 1. The summed E-state index contributed by atoms with van der Waals surface area (Å²) in [6.07, 6.45) is 4.98. The first-order valence-electron chi connectivity index (χ1n) is 5.59. The van der Waals surface area contributed by atoms with Crippen LogP contribution in [0.25, 0.3) is 0 Å². The Hall–Kier alpha value is -2.21. The second-order valence-electron chi connectivity index (χ2n) is 3.94. The van der Waals surface area contributed by atoms with Gasteiger partial charge in [-0.05, 0) is 12.1 Å². The number of rotatable bonds is 4. The lowest BCUT2D eigenvalue weighted by molar-refractivity contribution is 0.0781. The number of nitrogens with one attached hydrogen (secondary N) is 1. The molecule has 18 heavy (non-hydrogen) atoms. The van der Waals surface area contributed by atoms with E-state index in [9.17, 15) is 4.79 Å². The molecule has 0 bridgehead atoms. The van der Waals surface area contributed by atoms with Crippen LogP contribution in [0.15, 0.2) is 30.7 Å². The van der Waals surface area contributed by atoms with Crippen LogP contribution in [0, 0.1) is 0 Å². The van der Waals surface area contributed by atoms with Gasteiger partial charge >= 0.3 is 0 Å². The lowest BCUT2D eigenvalue weighted by Crippen LogP contribution is -2.27. The fourth-order valence-corrected chi connectivity index (χ4v) is 1.62. The summed E-state index contributed by atoms with van der Waals surface area (Å²) >= 11 is 0. The molecule has 2 heterocycles.